The lowest BCUT2D eigenvalue weighted by Crippen LogP contribution is -2.38. The van der Waals surface area contributed by atoms with Crippen LogP contribution < -0.4 is 5.32 Å². The van der Waals surface area contributed by atoms with Crippen LogP contribution in [0.5, 0.6) is 0 Å². The second-order valence-electron chi connectivity index (χ2n) is 3.96. The van der Waals surface area contributed by atoms with Crippen molar-refractivity contribution in [3.05, 3.63) is 22.4 Å². The first-order chi connectivity index (χ1) is 7.27. The van der Waals surface area contributed by atoms with Gasteiger partial charge in [0, 0.05) is 19.6 Å². The van der Waals surface area contributed by atoms with E-state index in [9.17, 15) is 4.79 Å². The molecule has 0 aliphatic carbocycles. The molecule has 3 nitrogen and oxygen atoms in total. The highest BCUT2D eigenvalue weighted by Gasteiger charge is 2.19. The van der Waals surface area contributed by atoms with Gasteiger partial charge >= 0.3 is 0 Å². The summed E-state index contributed by atoms with van der Waals surface area (Å²) in [6.07, 6.45) is 2.41. The highest BCUT2D eigenvalue weighted by atomic mass is 32.1. The monoisotopic (exact) mass is 224 g/mol. The van der Waals surface area contributed by atoms with Gasteiger partial charge in [-0.05, 0) is 30.8 Å². The lowest BCUT2D eigenvalue weighted by Gasteiger charge is -2.20. The minimum atomic E-state index is 0.138. The molecule has 0 spiro atoms. The minimum Gasteiger partial charge on any atom is -0.339 e. The zero-order valence-corrected chi connectivity index (χ0v) is 9.72. The number of likely N-dealkylation sites (N-methyl/N-ethyl adjacent to an activating group) is 1. The van der Waals surface area contributed by atoms with Crippen LogP contribution in [0.4, 0.5) is 0 Å². The van der Waals surface area contributed by atoms with Gasteiger partial charge in [-0.2, -0.15) is 0 Å². The van der Waals surface area contributed by atoms with Crippen LogP contribution in [0.25, 0.3) is 0 Å². The summed E-state index contributed by atoms with van der Waals surface area (Å²) in [4.78, 5) is 14.5. The molecule has 15 heavy (non-hydrogen) atoms. The molecule has 0 radical (unpaired) electrons. The molecule has 0 saturated carbocycles. The number of nitrogens with zero attached hydrogens (tertiary/aromatic N) is 1. The van der Waals surface area contributed by atoms with Crippen LogP contribution in [-0.2, 0) is 0 Å². The summed E-state index contributed by atoms with van der Waals surface area (Å²) in [5.74, 6) is 0.138. The Labute approximate surface area is 94.1 Å². The number of thiophene rings is 1. The third-order valence-electron chi connectivity index (χ3n) is 2.74. The van der Waals surface area contributed by atoms with Gasteiger partial charge in [0.05, 0.1) is 4.88 Å². The number of hydrogen-bond acceptors (Lipinski definition) is 3. The molecule has 1 aromatic heterocycles. The predicted molar refractivity (Wildman–Crippen MR) is 62.3 cm³/mol. The summed E-state index contributed by atoms with van der Waals surface area (Å²) in [5.41, 5.74) is 0. The Morgan fingerprint density at radius 3 is 3.20 bits per heavy atom. The van der Waals surface area contributed by atoms with Gasteiger partial charge in [-0.1, -0.05) is 6.07 Å². The Kier molecular flexibility index (Phi) is 3.38. The maximum atomic E-state index is 11.9. The average Bonchev–Trinajstić information content (AvgIpc) is 2.88. The second kappa shape index (κ2) is 4.77. The Balaban J connectivity index is 1.90. The fraction of sp³-hybridized carbons (Fsp3) is 0.545. The summed E-state index contributed by atoms with van der Waals surface area (Å²) in [5, 5.41) is 5.34. The standard InChI is InChI=1S/C11H16N2OS/c1-13(8-9-4-2-6-12-9)11(14)10-5-3-7-15-10/h3,5,7,9,12H,2,4,6,8H2,1H3/t9-/m1/s1. The number of nitrogens with one attached hydrogen (secondary N) is 1. The van der Waals surface area contributed by atoms with Gasteiger partial charge in [0.15, 0.2) is 0 Å². The third kappa shape index (κ3) is 2.58. The van der Waals surface area contributed by atoms with E-state index < -0.39 is 0 Å². The minimum absolute atomic E-state index is 0.138. The lowest BCUT2D eigenvalue weighted by molar-refractivity contribution is 0.0788. The van der Waals surface area contributed by atoms with E-state index in [4.69, 9.17) is 0 Å². The molecule has 4 heteroatoms. The fourth-order valence-electron chi connectivity index (χ4n) is 1.91. The lowest BCUT2D eigenvalue weighted by atomic mass is 10.2. The third-order valence-corrected chi connectivity index (χ3v) is 3.59. The van der Waals surface area contributed by atoms with Crippen molar-refractivity contribution >= 4 is 17.2 Å². The number of carbonyl (C=O) groups excluding carboxylic acids is 1. The molecular formula is C11H16N2OS. The van der Waals surface area contributed by atoms with Crippen LogP contribution in [0.2, 0.25) is 0 Å². The van der Waals surface area contributed by atoms with Gasteiger partial charge in [0.25, 0.3) is 5.91 Å². The maximum absolute atomic E-state index is 11.9. The van der Waals surface area contributed by atoms with Crippen molar-refractivity contribution in [2.75, 3.05) is 20.1 Å². The summed E-state index contributed by atoms with van der Waals surface area (Å²) in [6.45, 7) is 1.91. The first-order valence-corrected chi connectivity index (χ1v) is 6.17. The van der Waals surface area contributed by atoms with Gasteiger partial charge in [0.2, 0.25) is 0 Å². The van der Waals surface area contributed by atoms with Crippen LogP contribution >= 0.6 is 11.3 Å². The van der Waals surface area contributed by atoms with Gasteiger partial charge in [0.1, 0.15) is 0 Å². The topological polar surface area (TPSA) is 32.3 Å². The van der Waals surface area contributed by atoms with Gasteiger partial charge in [-0.3, -0.25) is 4.79 Å². The quantitative estimate of drug-likeness (QED) is 0.845. The molecule has 1 aliphatic rings. The van der Waals surface area contributed by atoms with E-state index in [-0.39, 0.29) is 5.91 Å². The van der Waals surface area contributed by atoms with Crippen LogP contribution in [0, 0.1) is 0 Å². The second-order valence-corrected chi connectivity index (χ2v) is 4.90. The maximum Gasteiger partial charge on any atom is 0.263 e. The SMILES string of the molecule is CN(C[C@H]1CCCN1)C(=O)c1cccs1. The van der Waals surface area contributed by atoms with E-state index in [2.05, 4.69) is 5.32 Å². The van der Waals surface area contributed by atoms with Crippen LogP contribution in [-0.4, -0.2) is 37.0 Å². The number of rotatable bonds is 3. The molecule has 0 aromatic carbocycles. The first kappa shape index (κ1) is 10.6. The smallest absolute Gasteiger partial charge is 0.263 e. The molecule has 0 unspecified atom stereocenters. The van der Waals surface area contributed by atoms with Gasteiger partial charge < -0.3 is 10.2 Å². The van der Waals surface area contributed by atoms with E-state index in [1.54, 1.807) is 0 Å². The molecule has 1 aromatic rings. The van der Waals surface area contributed by atoms with E-state index in [1.807, 2.05) is 29.5 Å². The Hall–Kier alpha value is -0.870. The molecule has 0 bridgehead atoms. The molecule has 2 heterocycles. The molecule has 1 aliphatic heterocycles. The average molecular weight is 224 g/mol. The van der Waals surface area contributed by atoms with Crippen molar-refractivity contribution in [1.82, 2.24) is 10.2 Å². The molecule has 2 rings (SSSR count). The van der Waals surface area contributed by atoms with Crippen LogP contribution in [0.1, 0.15) is 22.5 Å². The molecule has 1 N–H and O–H groups in total. The molecule has 1 amide bonds. The molecular weight excluding hydrogens is 208 g/mol. The Morgan fingerprint density at radius 1 is 1.73 bits per heavy atom. The Bertz CT molecular complexity index is 317. The van der Waals surface area contributed by atoms with Crippen molar-refractivity contribution in [3.63, 3.8) is 0 Å². The van der Waals surface area contributed by atoms with E-state index in [0.29, 0.717) is 6.04 Å². The largest absolute Gasteiger partial charge is 0.339 e. The van der Waals surface area contributed by atoms with Crippen molar-refractivity contribution in [2.45, 2.75) is 18.9 Å². The van der Waals surface area contributed by atoms with Crippen molar-refractivity contribution < 1.29 is 4.79 Å². The summed E-state index contributed by atoms with van der Waals surface area (Å²) >= 11 is 1.51. The van der Waals surface area contributed by atoms with Crippen molar-refractivity contribution in [3.8, 4) is 0 Å². The Morgan fingerprint density at radius 2 is 2.60 bits per heavy atom. The highest BCUT2D eigenvalue weighted by molar-refractivity contribution is 7.12. The van der Waals surface area contributed by atoms with Gasteiger partial charge in [-0.25, -0.2) is 0 Å². The first-order valence-electron chi connectivity index (χ1n) is 5.30. The molecule has 1 saturated heterocycles. The van der Waals surface area contributed by atoms with Crippen LogP contribution in [0.3, 0.4) is 0 Å². The van der Waals surface area contributed by atoms with E-state index >= 15 is 0 Å². The van der Waals surface area contributed by atoms with Gasteiger partial charge in [-0.15, -0.1) is 11.3 Å². The zero-order chi connectivity index (χ0) is 10.7. The molecule has 1 atom stereocenters. The normalized spacial score (nSPS) is 20.5. The zero-order valence-electron chi connectivity index (χ0n) is 8.90. The number of amides is 1. The number of carbonyl (C=O) groups is 1. The molecule has 1 fully saturated rings. The van der Waals surface area contributed by atoms with E-state index in [1.165, 1.54) is 24.2 Å². The molecule has 82 valence electrons. The predicted octanol–water partition coefficient (Wildman–Crippen LogP) is 1.57. The van der Waals surface area contributed by atoms with Crippen molar-refractivity contribution in [2.24, 2.45) is 0 Å². The van der Waals surface area contributed by atoms with E-state index in [0.717, 1.165) is 18.0 Å². The number of hydrogen-bond donors (Lipinski definition) is 1. The van der Waals surface area contributed by atoms with Crippen LogP contribution in [0.15, 0.2) is 17.5 Å². The summed E-state index contributed by atoms with van der Waals surface area (Å²) in [6, 6.07) is 4.28. The summed E-state index contributed by atoms with van der Waals surface area (Å²) < 4.78 is 0. The fourth-order valence-corrected chi connectivity index (χ4v) is 2.63. The highest BCUT2D eigenvalue weighted by Crippen LogP contribution is 2.13. The summed E-state index contributed by atoms with van der Waals surface area (Å²) in [7, 11) is 1.88. The van der Waals surface area contributed by atoms with Crippen molar-refractivity contribution in [1.29, 1.82) is 0 Å².